The minimum Gasteiger partial charge on any atom is -0.508 e. The molecule has 4 heteroatoms. The third-order valence-electron chi connectivity index (χ3n) is 9.07. The molecule has 0 saturated heterocycles. The van der Waals surface area contributed by atoms with Crippen molar-refractivity contribution >= 4 is 0 Å². The van der Waals surface area contributed by atoms with E-state index in [0.717, 1.165) is 77.9 Å². The highest BCUT2D eigenvalue weighted by Crippen LogP contribution is 2.44. The van der Waals surface area contributed by atoms with Gasteiger partial charge in [0.25, 0.3) is 0 Å². The fourth-order valence-electron chi connectivity index (χ4n) is 7.46. The second kappa shape index (κ2) is 11.8. The number of aromatic hydroxyl groups is 4. The summed E-state index contributed by atoms with van der Waals surface area (Å²) >= 11 is 0. The monoisotopic (exact) mass is 586 g/mol. The number of phenols is 4. The number of rotatable bonds is 6. The lowest BCUT2D eigenvalue weighted by Crippen LogP contribution is -2.13. The lowest BCUT2D eigenvalue weighted by atomic mass is 9.75. The van der Waals surface area contributed by atoms with E-state index in [1.165, 1.54) is 0 Å². The van der Waals surface area contributed by atoms with Crippen LogP contribution in [0.25, 0.3) is 0 Å². The molecule has 0 bridgehead atoms. The molecule has 0 spiro atoms. The van der Waals surface area contributed by atoms with Gasteiger partial charge >= 0.3 is 0 Å². The van der Waals surface area contributed by atoms with E-state index < -0.39 is 0 Å². The third kappa shape index (κ3) is 5.65. The summed E-state index contributed by atoms with van der Waals surface area (Å²) in [6.07, 6.45) is 0. The predicted octanol–water partition coefficient (Wildman–Crippen LogP) is 9.34. The van der Waals surface area contributed by atoms with Gasteiger partial charge in [0.1, 0.15) is 23.0 Å². The highest BCUT2D eigenvalue weighted by atomic mass is 16.3. The van der Waals surface area contributed by atoms with Gasteiger partial charge in [-0.25, -0.2) is 0 Å². The SMILES string of the molecule is Cc1cc(O)cc(C)c1C(c1ccc(C(c2c(C)cc(O)cc2C)c2c(C)cc(O)cc2C)cc1)c1c(C)cc(O)cc1C. The lowest BCUT2D eigenvalue weighted by Gasteiger charge is -2.29. The molecule has 0 heterocycles. The van der Waals surface area contributed by atoms with Gasteiger partial charge in [0.05, 0.1) is 0 Å². The lowest BCUT2D eigenvalue weighted by molar-refractivity contribution is 0.473. The van der Waals surface area contributed by atoms with Gasteiger partial charge in [-0.15, -0.1) is 0 Å². The maximum absolute atomic E-state index is 10.4. The molecule has 226 valence electrons. The molecule has 44 heavy (non-hydrogen) atoms. The third-order valence-corrected chi connectivity index (χ3v) is 9.07. The van der Waals surface area contributed by atoms with Crippen molar-refractivity contribution in [1.29, 1.82) is 0 Å². The van der Waals surface area contributed by atoms with Gasteiger partial charge < -0.3 is 20.4 Å². The van der Waals surface area contributed by atoms with Gasteiger partial charge in [0, 0.05) is 11.8 Å². The Labute approximate surface area is 260 Å². The summed E-state index contributed by atoms with van der Waals surface area (Å²) in [6.45, 7) is 16.3. The van der Waals surface area contributed by atoms with Crippen molar-refractivity contribution in [2.75, 3.05) is 0 Å². The normalized spacial score (nSPS) is 11.5. The molecule has 0 aliphatic heterocycles. The van der Waals surface area contributed by atoms with E-state index in [1.54, 1.807) is 0 Å². The predicted molar refractivity (Wildman–Crippen MR) is 179 cm³/mol. The second-order valence-electron chi connectivity index (χ2n) is 12.5. The van der Waals surface area contributed by atoms with E-state index in [2.05, 4.69) is 24.3 Å². The van der Waals surface area contributed by atoms with E-state index in [-0.39, 0.29) is 34.8 Å². The van der Waals surface area contributed by atoms with Crippen LogP contribution in [0.2, 0.25) is 0 Å². The van der Waals surface area contributed by atoms with E-state index in [9.17, 15) is 20.4 Å². The van der Waals surface area contributed by atoms with Crippen molar-refractivity contribution in [3.05, 3.63) is 151 Å². The zero-order valence-electron chi connectivity index (χ0n) is 26.9. The first-order valence-corrected chi connectivity index (χ1v) is 15.1. The molecule has 0 saturated carbocycles. The molecule has 0 aliphatic rings. The van der Waals surface area contributed by atoms with Crippen molar-refractivity contribution in [2.45, 2.75) is 67.2 Å². The van der Waals surface area contributed by atoms with Gasteiger partial charge in [0.15, 0.2) is 0 Å². The Balaban J connectivity index is 1.76. The summed E-state index contributed by atoms with van der Waals surface area (Å²) in [5.74, 6) is 0.771. The van der Waals surface area contributed by atoms with Gasteiger partial charge in [-0.05, 0) is 182 Å². The average molecular weight is 587 g/mol. The van der Waals surface area contributed by atoms with Crippen LogP contribution in [0.5, 0.6) is 23.0 Å². The molecular formula is C40H42O4. The summed E-state index contributed by atoms with van der Waals surface area (Å²) in [6, 6.07) is 23.3. The Hall–Kier alpha value is -4.70. The Bertz CT molecular complexity index is 1540. The molecule has 0 aliphatic carbocycles. The van der Waals surface area contributed by atoms with E-state index in [0.29, 0.717) is 0 Å². The van der Waals surface area contributed by atoms with Crippen LogP contribution in [0.3, 0.4) is 0 Å². The molecular weight excluding hydrogens is 544 g/mol. The first-order valence-electron chi connectivity index (χ1n) is 15.1. The Morgan fingerprint density at radius 3 is 0.636 bits per heavy atom. The minimum atomic E-state index is -0.113. The van der Waals surface area contributed by atoms with Crippen LogP contribution in [0.4, 0.5) is 0 Å². The van der Waals surface area contributed by atoms with Gasteiger partial charge in [-0.2, -0.15) is 0 Å². The van der Waals surface area contributed by atoms with Crippen LogP contribution in [0.15, 0.2) is 72.8 Å². The second-order valence-corrected chi connectivity index (χ2v) is 12.5. The van der Waals surface area contributed by atoms with Crippen molar-refractivity contribution < 1.29 is 20.4 Å². The number of phenolic OH excluding ortho intramolecular Hbond substituents is 4. The summed E-state index contributed by atoms with van der Waals surface area (Å²) in [5.41, 5.74) is 14.8. The molecule has 0 unspecified atom stereocenters. The summed E-state index contributed by atoms with van der Waals surface area (Å²) < 4.78 is 0. The zero-order valence-corrected chi connectivity index (χ0v) is 26.9. The van der Waals surface area contributed by atoms with E-state index >= 15 is 0 Å². The molecule has 0 aromatic heterocycles. The van der Waals surface area contributed by atoms with Crippen LogP contribution >= 0.6 is 0 Å². The Morgan fingerprint density at radius 2 is 0.477 bits per heavy atom. The van der Waals surface area contributed by atoms with Gasteiger partial charge in [-0.1, -0.05) is 24.3 Å². The molecule has 4 nitrogen and oxygen atoms in total. The van der Waals surface area contributed by atoms with Crippen LogP contribution in [0.1, 0.15) is 89.7 Å². The Morgan fingerprint density at radius 1 is 0.318 bits per heavy atom. The fraction of sp³-hybridized carbons (Fsp3) is 0.250. The molecule has 0 fully saturated rings. The van der Waals surface area contributed by atoms with Crippen LogP contribution in [0, 0.1) is 55.4 Å². The maximum Gasteiger partial charge on any atom is 0.116 e. The summed E-state index contributed by atoms with van der Waals surface area (Å²) in [4.78, 5) is 0. The van der Waals surface area contributed by atoms with Crippen LogP contribution < -0.4 is 0 Å². The van der Waals surface area contributed by atoms with Crippen LogP contribution in [-0.4, -0.2) is 20.4 Å². The van der Waals surface area contributed by atoms with Crippen molar-refractivity contribution in [3.63, 3.8) is 0 Å². The minimum absolute atomic E-state index is 0.113. The molecule has 0 radical (unpaired) electrons. The van der Waals surface area contributed by atoms with Crippen LogP contribution in [-0.2, 0) is 0 Å². The highest BCUT2D eigenvalue weighted by Gasteiger charge is 2.28. The molecule has 0 amide bonds. The fourth-order valence-corrected chi connectivity index (χ4v) is 7.46. The number of aryl methyl sites for hydroxylation is 8. The molecule has 5 aromatic carbocycles. The number of benzene rings is 5. The topological polar surface area (TPSA) is 80.9 Å². The quantitative estimate of drug-likeness (QED) is 0.149. The van der Waals surface area contributed by atoms with Crippen molar-refractivity contribution in [3.8, 4) is 23.0 Å². The first-order chi connectivity index (χ1) is 20.8. The van der Waals surface area contributed by atoms with E-state index in [1.807, 2.05) is 104 Å². The molecule has 5 aromatic rings. The molecule has 0 atom stereocenters. The van der Waals surface area contributed by atoms with Gasteiger partial charge in [0.2, 0.25) is 0 Å². The Kier molecular flexibility index (Phi) is 8.22. The highest BCUT2D eigenvalue weighted by molar-refractivity contribution is 5.59. The zero-order chi connectivity index (χ0) is 32.0. The van der Waals surface area contributed by atoms with E-state index in [4.69, 9.17) is 0 Å². The molecule has 4 N–H and O–H groups in total. The van der Waals surface area contributed by atoms with Gasteiger partial charge in [-0.3, -0.25) is 0 Å². The van der Waals surface area contributed by atoms with Crippen molar-refractivity contribution in [2.24, 2.45) is 0 Å². The first kappa shape index (κ1) is 30.7. The standard InChI is InChI=1S/C40H42O4/c1-21-13-31(41)14-22(2)35(21)39(36-23(3)15-32(42)16-24(36)4)29-9-11-30(12-10-29)40(37-25(5)17-33(43)18-26(37)6)38-27(7)19-34(44)20-28(38)8/h9-20,39-44H,1-8H3. The number of hydrogen-bond acceptors (Lipinski definition) is 4. The maximum atomic E-state index is 10.4. The largest absolute Gasteiger partial charge is 0.508 e. The smallest absolute Gasteiger partial charge is 0.116 e. The number of hydrogen-bond donors (Lipinski definition) is 4. The summed E-state index contributed by atoms with van der Waals surface area (Å²) in [7, 11) is 0. The van der Waals surface area contributed by atoms with Crippen molar-refractivity contribution in [1.82, 2.24) is 0 Å². The summed E-state index contributed by atoms with van der Waals surface area (Å²) in [5, 5.41) is 41.4. The molecule has 5 rings (SSSR count). The average Bonchev–Trinajstić information content (AvgIpc) is 2.89.